The number of hydrogen-bond acceptors (Lipinski definition) is 11. The SMILES string of the molecule is COc1ccc(C(=O)OCCCN2CCCN(CCCOC(=O)c3cc(OC)c(OC)c(OC)c3)CC2)cc1OC. The maximum Gasteiger partial charge on any atom is 0.338 e. The molecule has 0 bridgehead atoms. The van der Waals surface area contributed by atoms with Crippen LogP contribution in [0.25, 0.3) is 0 Å². The third-order valence-electron chi connectivity index (χ3n) is 6.90. The van der Waals surface area contributed by atoms with Gasteiger partial charge in [0, 0.05) is 26.2 Å². The molecule has 2 aromatic rings. The first-order valence-electron chi connectivity index (χ1n) is 13.7. The van der Waals surface area contributed by atoms with Gasteiger partial charge in [-0.1, -0.05) is 0 Å². The van der Waals surface area contributed by atoms with Crippen molar-refractivity contribution in [3.8, 4) is 28.7 Å². The third kappa shape index (κ3) is 9.15. The number of hydrogen-bond donors (Lipinski definition) is 0. The second kappa shape index (κ2) is 16.5. The lowest BCUT2D eigenvalue weighted by Gasteiger charge is -2.21. The summed E-state index contributed by atoms with van der Waals surface area (Å²) in [6, 6.07) is 8.16. The van der Waals surface area contributed by atoms with Gasteiger partial charge in [0.2, 0.25) is 5.75 Å². The Morgan fingerprint density at radius 2 is 1.10 bits per heavy atom. The van der Waals surface area contributed by atoms with Crippen molar-refractivity contribution in [2.24, 2.45) is 0 Å². The minimum absolute atomic E-state index is 0.321. The fraction of sp³-hybridized carbons (Fsp3) is 0.533. The zero-order chi connectivity index (χ0) is 29.6. The summed E-state index contributed by atoms with van der Waals surface area (Å²) in [7, 11) is 7.61. The monoisotopic (exact) mass is 574 g/mol. The van der Waals surface area contributed by atoms with Gasteiger partial charge in [0.15, 0.2) is 23.0 Å². The summed E-state index contributed by atoms with van der Waals surface area (Å²) >= 11 is 0. The fourth-order valence-corrected chi connectivity index (χ4v) is 4.71. The van der Waals surface area contributed by atoms with Crippen LogP contribution in [0.4, 0.5) is 0 Å². The highest BCUT2D eigenvalue weighted by atomic mass is 16.5. The molecule has 0 saturated carbocycles. The lowest BCUT2D eigenvalue weighted by atomic mass is 10.2. The van der Waals surface area contributed by atoms with Gasteiger partial charge in [-0.25, -0.2) is 9.59 Å². The van der Waals surface area contributed by atoms with E-state index in [0.29, 0.717) is 53.1 Å². The minimum Gasteiger partial charge on any atom is -0.493 e. The summed E-state index contributed by atoms with van der Waals surface area (Å²) in [5, 5.41) is 0. The van der Waals surface area contributed by atoms with Crippen LogP contribution in [0.2, 0.25) is 0 Å². The number of methoxy groups -OCH3 is 5. The van der Waals surface area contributed by atoms with Crippen LogP contribution in [0.1, 0.15) is 40.0 Å². The molecule has 41 heavy (non-hydrogen) atoms. The van der Waals surface area contributed by atoms with Gasteiger partial charge in [0.25, 0.3) is 0 Å². The van der Waals surface area contributed by atoms with Gasteiger partial charge >= 0.3 is 11.9 Å². The fourth-order valence-electron chi connectivity index (χ4n) is 4.71. The van der Waals surface area contributed by atoms with Crippen molar-refractivity contribution in [1.82, 2.24) is 9.80 Å². The number of nitrogens with zero attached hydrogens (tertiary/aromatic N) is 2. The first-order valence-corrected chi connectivity index (χ1v) is 13.7. The first-order chi connectivity index (χ1) is 19.9. The van der Waals surface area contributed by atoms with E-state index in [4.69, 9.17) is 33.2 Å². The lowest BCUT2D eigenvalue weighted by molar-refractivity contribution is 0.0475. The molecule has 0 N–H and O–H groups in total. The molecule has 1 aliphatic rings. The number of carbonyl (C=O) groups excluding carboxylic acids is 2. The molecule has 1 fully saturated rings. The number of carbonyl (C=O) groups is 2. The summed E-state index contributed by atoms with van der Waals surface area (Å²) in [5.74, 6) is 1.49. The Hall–Kier alpha value is -3.70. The standard InChI is InChI=1S/C30H42N2O9/c1-35-24-10-9-22(19-25(24)36-2)29(33)40-17-7-13-31-11-6-12-32(16-15-31)14-8-18-41-30(34)23-20-26(37-3)28(39-5)27(21-23)38-4/h9-10,19-21H,6-8,11-18H2,1-5H3. The van der Waals surface area contributed by atoms with E-state index in [9.17, 15) is 9.59 Å². The second-order valence-corrected chi connectivity index (χ2v) is 9.50. The van der Waals surface area contributed by atoms with Crippen molar-refractivity contribution >= 4 is 11.9 Å². The van der Waals surface area contributed by atoms with Gasteiger partial charge in [-0.15, -0.1) is 0 Å². The number of benzene rings is 2. The predicted molar refractivity (Wildman–Crippen MR) is 153 cm³/mol. The lowest BCUT2D eigenvalue weighted by Crippen LogP contribution is -2.32. The molecule has 1 heterocycles. The third-order valence-corrected chi connectivity index (χ3v) is 6.90. The summed E-state index contributed by atoms with van der Waals surface area (Å²) in [6.07, 6.45) is 2.55. The average molecular weight is 575 g/mol. The molecule has 0 radical (unpaired) electrons. The van der Waals surface area contributed by atoms with E-state index in [1.165, 1.54) is 28.4 Å². The van der Waals surface area contributed by atoms with Crippen molar-refractivity contribution in [1.29, 1.82) is 0 Å². The highest BCUT2D eigenvalue weighted by Crippen LogP contribution is 2.38. The molecule has 0 spiro atoms. The van der Waals surface area contributed by atoms with Gasteiger partial charge < -0.3 is 43.0 Å². The van der Waals surface area contributed by atoms with E-state index in [-0.39, 0.29) is 5.97 Å². The molecule has 11 heteroatoms. The molecular formula is C30H42N2O9. The zero-order valence-corrected chi connectivity index (χ0v) is 24.7. The van der Waals surface area contributed by atoms with Gasteiger partial charge in [0.1, 0.15) is 0 Å². The Kier molecular flexibility index (Phi) is 12.8. The molecule has 0 atom stereocenters. The Labute approximate surface area is 242 Å². The van der Waals surface area contributed by atoms with Crippen molar-refractivity contribution in [3.05, 3.63) is 41.5 Å². The van der Waals surface area contributed by atoms with Crippen LogP contribution < -0.4 is 23.7 Å². The van der Waals surface area contributed by atoms with Crippen LogP contribution >= 0.6 is 0 Å². The first kappa shape index (κ1) is 31.8. The van der Waals surface area contributed by atoms with E-state index >= 15 is 0 Å². The molecule has 1 aliphatic heterocycles. The summed E-state index contributed by atoms with van der Waals surface area (Å²) in [5.41, 5.74) is 0.779. The van der Waals surface area contributed by atoms with E-state index in [1.54, 1.807) is 37.4 Å². The number of esters is 2. The molecule has 3 rings (SSSR count). The summed E-state index contributed by atoms with van der Waals surface area (Å²) < 4.78 is 37.4. The summed E-state index contributed by atoms with van der Waals surface area (Å²) in [6.45, 7) is 6.24. The number of rotatable bonds is 15. The van der Waals surface area contributed by atoms with Crippen molar-refractivity contribution in [2.75, 3.05) is 88.0 Å². The van der Waals surface area contributed by atoms with E-state index in [1.807, 2.05) is 0 Å². The summed E-state index contributed by atoms with van der Waals surface area (Å²) in [4.78, 5) is 29.8. The van der Waals surface area contributed by atoms with E-state index in [2.05, 4.69) is 9.80 Å². The van der Waals surface area contributed by atoms with Crippen LogP contribution in [0.5, 0.6) is 28.7 Å². The predicted octanol–water partition coefficient (Wildman–Crippen LogP) is 3.53. The quantitative estimate of drug-likeness (QED) is 0.230. The van der Waals surface area contributed by atoms with Crippen LogP contribution in [0.3, 0.4) is 0 Å². The maximum absolute atomic E-state index is 12.6. The maximum atomic E-state index is 12.6. The van der Waals surface area contributed by atoms with Crippen LogP contribution in [0.15, 0.2) is 30.3 Å². The highest BCUT2D eigenvalue weighted by molar-refractivity contribution is 5.91. The molecule has 1 saturated heterocycles. The van der Waals surface area contributed by atoms with Gasteiger partial charge in [0.05, 0.1) is 59.9 Å². The van der Waals surface area contributed by atoms with Crippen LogP contribution in [-0.2, 0) is 9.47 Å². The van der Waals surface area contributed by atoms with E-state index < -0.39 is 5.97 Å². The normalized spacial score (nSPS) is 14.1. The molecular weight excluding hydrogens is 532 g/mol. The molecule has 226 valence electrons. The smallest absolute Gasteiger partial charge is 0.338 e. The molecule has 2 aromatic carbocycles. The second-order valence-electron chi connectivity index (χ2n) is 9.50. The Morgan fingerprint density at radius 1 is 0.610 bits per heavy atom. The zero-order valence-electron chi connectivity index (χ0n) is 24.7. The molecule has 0 aliphatic carbocycles. The largest absolute Gasteiger partial charge is 0.493 e. The Balaban J connectivity index is 1.34. The highest BCUT2D eigenvalue weighted by Gasteiger charge is 2.19. The molecule has 0 unspecified atom stereocenters. The van der Waals surface area contributed by atoms with Crippen molar-refractivity contribution in [2.45, 2.75) is 19.3 Å². The van der Waals surface area contributed by atoms with E-state index in [0.717, 1.165) is 58.5 Å². The van der Waals surface area contributed by atoms with Crippen molar-refractivity contribution in [3.63, 3.8) is 0 Å². The van der Waals surface area contributed by atoms with Gasteiger partial charge in [-0.3, -0.25) is 0 Å². The van der Waals surface area contributed by atoms with Gasteiger partial charge in [-0.05, 0) is 62.7 Å². The molecule has 0 amide bonds. The Morgan fingerprint density at radius 3 is 1.59 bits per heavy atom. The number of ether oxygens (including phenoxy) is 7. The molecule has 11 nitrogen and oxygen atoms in total. The van der Waals surface area contributed by atoms with Gasteiger partial charge in [-0.2, -0.15) is 0 Å². The topological polar surface area (TPSA) is 105 Å². The molecule has 0 aromatic heterocycles. The van der Waals surface area contributed by atoms with Crippen LogP contribution in [0, 0.1) is 0 Å². The van der Waals surface area contributed by atoms with Crippen LogP contribution in [-0.4, -0.2) is 110 Å². The Bertz CT molecular complexity index is 1120. The van der Waals surface area contributed by atoms with Crippen molar-refractivity contribution < 1.29 is 42.7 Å². The minimum atomic E-state index is -0.432. The average Bonchev–Trinajstić information content (AvgIpc) is 3.24.